The van der Waals surface area contributed by atoms with Crippen LogP contribution >= 0.6 is 0 Å². The predicted molar refractivity (Wildman–Crippen MR) is 50.7 cm³/mol. The normalized spacial score (nSPS) is 9.50. The van der Waals surface area contributed by atoms with Crippen LogP contribution in [0.2, 0.25) is 0 Å². The fraction of sp³-hybridized carbons (Fsp3) is 0.200. The molecule has 1 rings (SSSR count). The number of aromatic carboxylic acids is 1. The molecule has 0 radical (unpaired) electrons. The molecule has 0 saturated carbocycles. The molecule has 0 fully saturated rings. The number of carbonyl (C=O) groups is 1. The third-order valence-corrected chi connectivity index (χ3v) is 2.09. The zero-order valence-electron chi connectivity index (χ0n) is 7.74. The highest BCUT2D eigenvalue weighted by atomic mass is 16.4. The van der Waals surface area contributed by atoms with E-state index in [0.717, 1.165) is 5.56 Å². The Hall–Kier alpha value is -1.86. The van der Waals surface area contributed by atoms with Gasteiger partial charge in [-0.25, -0.2) is 4.79 Å². The maximum Gasteiger partial charge on any atom is 0.337 e. The van der Waals surface area contributed by atoms with Crippen molar-refractivity contribution in [3.63, 3.8) is 0 Å². The summed E-state index contributed by atoms with van der Waals surface area (Å²) in [4.78, 5) is 10.8. The molecule has 0 aliphatic heterocycles. The predicted octanol–water partition coefficient (Wildman–Crippen LogP) is 1.02. The number of nitriles is 1. The molecule has 0 unspecified atom stereocenters. The maximum atomic E-state index is 10.8. The minimum absolute atomic E-state index is 0.0125. The van der Waals surface area contributed by atoms with E-state index in [2.05, 4.69) is 0 Å². The monoisotopic (exact) mass is 190 g/mol. The van der Waals surface area contributed by atoms with E-state index in [9.17, 15) is 4.79 Å². The summed E-state index contributed by atoms with van der Waals surface area (Å²) in [6, 6.07) is 4.96. The molecule has 1 aromatic rings. The summed E-state index contributed by atoms with van der Waals surface area (Å²) in [6.45, 7) is 1.98. The molecule has 0 aromatic heterocycles. The van der Waals surface area contributed by atoms with Gasteiger partial charge in [0.25, 0.3) is 0 Å². The van der Waals surface area contributed by atoms with Crippen molar-refractivity contribution in [3.8, 4) is 6.07 Å². The van der Waals surface area contributed by atoms with Crippen LogP contribution in [0.4, 0.5) is 0 Å². The van der Waals surface area contributed by atoms with Crippen molar-refractivity contribution in [2.45, 2.75) is 13.5 Å². The molecule has 0 amide bonds. The Morgan fingerprint density at radius 2 is 2.29 bits per heavy atom. The molecule has 0 spiro atoms. The molecule has 0 aliphatic rings. The second kappa shape index (κ2) is 3.90. The Labute approximate surface area is 81.6 Å². The van der Waals surface area contributed by atoms with Gasteiger partial charge in [0.2, 0.25) is 0 Å². The van der Waals surface area contributed by atoms with Gasteiger partial charge in [0, 0.05) is 6.54 Å². The number of carboxylic acids is 1. The van der Waals surface area contributed by atoms with Crippen LogP contribution in [0.5, 0.6) is 0 Å². The van der Waals surface area contributed by atoms with Crippen LogP contribution in [0, 0.1) is 18.3 Å². The van der Waals surface area contributed by atoms with Gasteiger partial charge in [-0.3, -0.25) is 0 Å². The third-order valence-electron chi connectivity index (χ3n) is 2.09. The van der Waals surface area contributed by atoms with Crippen LogP contribution in [-0.2, 0) is 6.54 Å². The molecule has 0 heterocycles. The number of nitrogens with zero attached hydrogens (tertiary/aromatic N) is 1. The number of hydrogen-bond donors (Lipinski definition) is 2. The van der Waals surface area contributed by atoms with Crippen molar-refractivity contribution in [3.05, 3.63) is 34.4 Å². The van der Waals surface area contributed by atoms with Gasteiger partial charge in [-0.2, -0.15) is 5.26 Å². The molecule has 3 N–H and O–H groups in total. The zero-order valence-corrected chi connectivity index (χ0v) is 7.74. The number of nitrogens with two attached hydrogens (primary N) is 1. The van der Waals surface area contributed by atoms with Crippen molar-refractivity contribution in [1.82, 2.24) is 0 Å². The van der Waals surface area contributed by atoms with Crippen molar-refractivity contribution in [2.75, 3.05) is 0 Å². The van der Waals surface area contributed by atoms with Crippen molar-refractivity contribution in [2.24, 2.45) is 5.73 Å². The van der Waals surface area contributed by atoms with E-state index in [1.54, 1.807) is 13.0 Å². The summed E-state index contributed by atoms with van der Waals surface area (Å²) < 4.78 is 0. The van der Waals surface area contributed by atoms with Gasteiger partial charge in [0.05, 0.1) is 11.1 Å². The van der Waals surface area contributed by atoms with Gasteiger partial charge >= 0.3 is 5.97 Å². The van der Waals surface area contributed by atoms with E-state index in [1.807, 2.05) is 6.07 Å². The van der Waals surface area contributed by atoms with Gasteiger partial charge < -0.3 is 10.8 Å². The van der Waals surface area contributed by atoms with Gasteiger partial charge in [0.1, 0.15) is 6.07 Å². The Bertz CT molecular complexity index is 419. The van der Waals surface area contributed by atoms with Gasteiger partial charge in [-0.1, -0.05) is 6.07 Å². The maximum absolute atomic E-state index is 10.8. The molecule has 14 heavy (non-hydrogen) atoms. The lowest BCUT2D eigenvalue weighted by Gasteiger charge is -2.07. The second-order valence-corrected chi connectivity index (χ2v) is 2.90. The van der Waals surface area contributed by atoms with Crippen molar-refractivity contribution in [1.29, 1.82) is 5.26 Å². The molecule has 0 bridgehead atoms. The lowest BCUT2D eigenvalue weighted by atomic mass is 9.97. The third kappa shape index (κ3) is 1.58. The van der Waals surface area contributed by atoms with E-state index in [0.29, 0.717) is 5.56 Å². The van der Waals surface area contributed by atoms with E-state index < -0.39 is 5.97 Å². The number of benzene rings is 1. The highest BCUT2D eigenvalue weighted by molar-refractivity contribution is 5.91. The summed E-state index contributed by atoms with van der Waals surface area (Å²) in [5.74, 6) is -1.10. The van der Waals surface area contributed by atoms with Crippen molar-refractivity contribution < 1.29 is 9.90 Å². The fourth-order valence-electron chi connectivity index (χ4n) is 1.32. The zero-order chi connectivity index (χ0) is 10.7. The first-order chi connectivity index (χ1) is 6.61. The number of aryl methyl sites for hydroxylation is 1. The smallest absolute Gasteiger partial charge is 0.337 e. The first kappa shape index (κ1) is 10.2. The lowest BCUT2D eigenvalue weighted by molar-refractivity contribution is 0.0696. The standard InChI is InChI=1S/C10H10N2O2/c1-6-2-3-7(10(13)14)9(5-12)8(6)4-11/h2-3H,4,11H2,1H3,(H,13,14). The second-order valence-electron chi connectivity index (χ2n) is 2.90. The van der Waals surface area contributed by atoms with Gasteiger partial charge in [-0.05, 0) is 24.1 Å². The molecule has 4 heteroatoms. The van der Waals surface area contributed by atoms with Crippen LogP contribution in [0.25, 0.3) is 0 Å². The molecule has 0 aliphatic carbocycles. The first-order valence-electron chi connectivity index (χ1n) is 4.07. The molecular formula is C10H10N2O2. The summed E-state index contributed by atoms with van der Waals surface area (Å²) in [7, 11) is 0. The summed E-state index contributed by atoms with van der Waals surface area (Å²) in [5.41, 5.74) is 7.08. The lowest BCUT2D eigenvalue weighted by Crippen LogP contribution is -2.08. The van der Waals surface area contributed by atoms with Crippen LogP contribution < -0.4 is 5.73 Å². The Kier molecular flexibility index (Phi) is 2.85. The number of rotatable bonds is 2. The Morgan fingerprint density at radius 3 is 2.71 bits per heavy atom. The molecule has 0 atom stereocenters. The number of hydrogen-bond acceptors (Lipinski definition) is 3. The first-order valence-corrected chi connectivity index (χ1v) is 4.07. The van der Waals surface area contributed by atoms with Crippen molar-refractivity contribution >= 4 is 5.97 Å². The highest BCUT2D eigenvalue weighted by Gasteiger charge is 2.14. The Balaban J connectivity index is 3.50. The van der Waals surface area contributed by atoms with E-state index in [-0.39, 0.29) is 17.7 Å². The molecular weight excluding hydrogens is 180 g/mol. The number of carboxylic acid groups (broad SMARTS) is 1. The summed E-state index contributed by atoms with van der Waals surface area (Å²) in [5, 5.41) is 17.7. The Morgan fingerprint density at radius 1 is 1.64 bits per heavy atom. The van der Waals surface area contributed by atoms with Crippen LogP contribution in [0.1, 0.15) is 27.0 Å². The van der Waals surface area contributed by atoms with Crippen LogP contribution in [0.15, 0.2) is 12.1 Å². The largest absolute Gasteiger partial charge is 0.478 e. The molecule has 4 nitrogen and oxygen atoms in total. The van der Waals surface area contributed by atoms with Crippen LogP contribution in [0.3, 0.4) is 0 Å². The fourth-order valence-corrected chi connectivity index (χ4v) is 1.32. The minimum atomic E-state index is -1.10. The minimum Gasteiger partial charge on any atom is -0.478 e. The quantitative estimate of drug-likeness (QED) is 0.728. The molecule has 0 saturated heterocycles. The SMILES string of the molecule is Cc1ccc(C(=O)O)c(C#N)c1CN. The van der Waals surface area contributed by atoms with Gasteiger partial charge in [-0.15, -0.1) is 0 Å². The van der Waals surface area contributed by atoms with Gasteiger partial charge in [0.15, 0.2) is 0 Å². The highest BCUT2D eigenvalue weighted by Crippen LogP contribution is 2.17. The van der Waals surface area contributed by atoms with E-state index in [4.69, 9.17) is 16.1 Å². The van der Waals surface area contributed by atoms with E-state index >= 15 is 0 Å². The van der Waals surface area contributed by atoms with Crippen LogP contribution in [-0.4, -0.2) is 11.1 Å². The summed E-state index contributed by atoms with van der Waals surface area (Å²) in [6.07, 6.45) is 0. The average Bonchev–Trinajstić information content (AvgIpc) is 2.16. The summed E-state index contributed by atoms with van der Waals surface area (Å²) >= 11 is 0. The molecule has 72 valence electrons. The van der Waals surface area contributed by atoms with E-state index in [1.165, 1.54) is 6.07 Å². The topological polar surface area (TPSA) is 87.1 Å². The average molecular weight is 190 g/mol. The molecule has 1 aromatic carbocycles.